The van der Waals surface area contributed by atoms with Gasteiger partial charge in [0.25, 0.3) is 5.91 Å². The first kappa shape index (κ1) is 18.2. The maximum absolute atomic E-state index is 12.8. The Hall–Kier alpha value is -1.57. The van der Waals surface area contributed by atoms with Gasteiger partial charge < -0.3 is 4.90 Å². The van der Waals surface area contributed by atoms with E-state index in [0.717, 1.165) is 10.4 Å². The average molecular weight is 399 g/mol. The molecule has 5 nitrogen and oxygen atoms in total. The van der Waals surface area contributed by atoms with E-state index in [4.69, 9.17) is 11.6 Å². The highest BCUT2D eigenvalue weighted by atomic mass is 35.5. The van der Waals surface area contributed by atoms with Crippen LogP contribution in [0, 0.1) is 0 Å². The molecule has 0 fully saturated rings. The van der Waals surface area contributed by atoms with E-state index < -0.39 is 10.0 Å². The van der Waals surface area contributed by atoms with Crippen LogP contribution in [0.5, 0.6) is 0 Å². The molecule has 1 aliphatic heterocycles. The van der Waals surface area contributed by atoms with Gasteiger partial charge in [0.05, 0.1) is 22.8 Å². The minimum absolute atomic E-state index is 0.0624. The highest BCUT2D eigenvalue weighted by Crippen LogP contribution is 2.31. The molecular formula is C17H19ClN2O3S2. The Bertz CT molecular complexity index is 908. The van der Waals surface area contributed by atoms with Gasteiger partial charge in [-0.05, 0) is 49.2 Å². The number of sulfonamides is 1. The van der Waals surface area contributed by atoms with Crippen molar-refractivity contribution in [1.82, 2.24) is 4.90 Å². The molecule has 0 bridgehead atoms. The lowest BCUT2D eigenvalue weighted by Gasteiger charge is -2.21. The molecule has 0 saturated carbocycles. The third-order valence-corrected chi connectivity index (χ3v) is 6.62. The van der Waals surface area contributed by atoms with E-state index in [1.54, 1.807) is 17.0 Å². The van der Waals surface area contributed by atoms with Crippen LogP contribution < -0.4 is 4.31 Å². The number of benzene rings is 1. The Morgan fingerprint density at radius 2 is 2.08 bits per heavy atom. The fraction of sp³-hybridized carbons (Fsp3) is 0.353. The van der Waals surface area contributed by atoms with E-state index in [1.807, 2.05) is 25.1 Å². The molecule has 2 aromatic rings. The number of thiophene rings is 1. The van der Waals surface area contributed by atoms with Crippen molar-refractivity contribution < 1.29 is 13.2 Å². The molecular weight excluding hydrogens is 380 g/mol. The number of rotatable bonds is 5. The molecule has 0 aliphatic carbocycles. The van der Waals surface area contributed by atoms with Crippen LogP contribution >= 0.6 is 22.9 Å². The zero-order chi connectivity index (χ0) is 18.2. The quantitative estimate of drug-likeness (QED) is 0.775. The first-order chi connectivity index (χ1) is 11.8. The minimum Gasteiger partial charge on any atom is -0.334 e. The number of halogens is 1. The number of hydrogen-bond acceptors (Lipinski definition) is 4. The fourth-order valence-corrected chi connectivity index (χ4v) is 5.05. The lowest BCUT2D eigenvalue weighted by atomic mass is 10.1. The highest BCUT2D eigenvalue weighted by molar-refractivity contribution is 7.92. The van der Waals surface area contributed by atoms with Gasteiger partial charge in [-0.25, -0.2) is 8.42 Å². The molecule has 0 spiro atoms. The van der Waals surface area contributed by atoms with Crippen molar-refractivity contribution in [2.45, 2.75) is 19.9 Å². The van der Waals surface area contributed by atoms with Crippen LogP contribution in [0.1, 0.15) is 27.7 Å². The smallest absolute Gasteiger partial charge is 0.254 e. The summed E-state index contributed by atoms with van der Waals surface area (Å²) in [6, 6.07) is 9.00. The molecule has 0 saturated heterocycles. The summed E-state index contributed by atoms with van der Waals surface area (Å²) in [6.07, 6.45) is 1.82. The topological polar surface area (TPSA) is 57.7 Å². The summed E-state index contributed by atoms with van der Waals surface area (Å²) in [7, 11) is -3.28. The van der Waals surface area contributed by atoms with E-state index >= 15 is 0 Å². The second-order valence-electron chi connectivity index (χ2n) is 5.95. The molecule has 3 rings (SSSR count). The number of carbonyl (C=O) groups is 1. The third-order valence-electron chi connectivity index (χ3n) is 4.22. The summed E-state index contributed by atoms with van der Waals surface area (Å²) in [5.41, 5.74) is 2.15. The van der Waals surface area contributed by atoms with Crippen LogP contribution in [-0.2, 0) is 23.0 Å². The molecule has 0 atom stereocenters. The molecule has 8 heteroatoms. The van der Waals surface area contributed by atoms with Crippen molar-refractivity contribution in [1.29, 1.82) is 0 Å². The summed E-state index contributed by atoms with van der Waals surface area (Å²) in [5, 5.41) is 0. The first-order valence-electron chi connectivity index (χ1n) is 7.93. The molecule has 0 radical (unpaired) electrons. The van der Waals surface area contributed by atoms with Crippen LogP contribution in [0.4, 0.5) is 5.69 Å². The summed E-state index contributed by atoms with van der Waals surface area (Å²) in [5.74, 6) is -0.0624. The standard InChI is InChI=1S/C17H19ClN2O3S2/c1-3-19(11-14-5-7-16(18)24-14)17(21)13-4-6-15-12(10-13)8-9-20(15)25(2,22)23/h4-7,10H,3,8-9,11H2,1-2H3. The third kappa shape index (κ3) is 3.83. The van der Waals surface area contributed by atoms with Gasteiger partial charge >= 0.3 is 0 Å². The van der Waals surface area contributed by atoms with E-state index in [-0.39, 0.29) is 5.91 Å². The summed E-state index contributed by atoms with van der Waals surface area (Å²) < 4.78 is 25.7. The van der Waals surface area contributed by atoms with Crippen LogP contribution in [0.2, 0.25) is 4.34 Å². The van der Waals surface area contributed by atoms with E-state index in [1.165, 1.54) is 21.9 Å². The maximum Gasteiger partial charge on any atom is 0.254 e. The Balaban J connectivity index is 1.83. The van der Waals surface area contributed by atoms with Gasteiger partial charge in [-0.3, -0.25) is 9.10 Å². The second-order valence-corrected chi connectivity index (χ2v) is 9.66. The Morgan fingerprint density at radius 1 is 1.32 bits per heavy atom. The number of carbonyl (C=O) groups excluding carboxylic acids is 1. The van der Waals surface area contributed by atoms with Gasteiger partial charge in [0.15, 0.2) is 0 Å². The van der Waals surface area contributed by atoms with Crippen LogP contribution in [0.15, 0.2) is 30.3 Å². The molecule has 0 unspecified atom stereocenters. The van der Waals surface area contributed by atoms with Crippen molar-refractivity contribution >= 4 is 44.6 Å². The maximum atomic E-state index is 12.8. The predicted molar refractivity (Wildman–Crippen MR) is 102 cm³/mol. The van der Waals surface area contributed by atoms with Gasteiger partial charge in [0.1, 0.15) is 0 Å². The van der Waals surface area contributed by atoms with Crippen LogP contribution in [-0.4, -0.2) is 38.6 Å². The molecule has 0 N–H and O–H groups in total. The van der Waals surface area contributed by atoms with Crippen molar-refractivity contribution in [2.75, 3.05) is 23.7 Å². The highest BCUT2D eigenvalue weighted by Gasteiger charge is 2.27. The van der Waals surface area contributed by atoms with Gasteiger partial charge in [-0.2, -0.15) is 0 Å². The Kier molecular flexibility index (Phi) is 5.09. The van der Waals surface area contributed by atoms with Gasteiger partial charge in [0.2, 0.25) is 10.0 Å². The fourth-order valence-electron chi connectivity index (χ4n) is 2.98. The number of hydrogen-bond donors (Lipinski definition) is 0. The SMILES string of the molecule is CCN(Cc1ccc(Cl)s1)C(=O)c1ccc2c(c1)CCN2S(C)(=O)=O. The zero-order valence-corrected chi connectivity index (χ0v) is 16.4. The number of fused-ring (bicyclic) bond motifs is 1. The number of amides is 1. The van der Waals surface area contributed by atoms with Gasteiger partial charge in [-0.15, -0.1) is 11.3 Å². The summed E-state index contributed by atoms with van der Waals surface area (Å²) in [4.78, 5) is 15.6. The van der Waals surface area contributed by atoms with Crippen molar-refractivity contribution in [3.63, 3.8) is 0 Å². The lowest BCUT2D eigenvalue weighted by Crippen LogP contribution is -2.30. The second kappa shape index (κ2) is 6.97. The van der Waals surface area contributed by atoms with Gasteiger partial charge in [-0.1, -0.05) is 11.6 Å². The molecule has 134 valence electrons. The van der Waals surface area contributed by atoms with E-state index in [9.17, 15) is 13.2 Å². The summed E-state index contributed by atoms with van der Waals surface area (Å²) >= 11 is 7.42. The van der Waals surface area contributed by atoms with Crippen LogP contribution in [0.3, 0.4) is 0 Å². The molecule has 1 aromatic carbocycles. The molecule has 2 heterocycles. The number of anilines is 1. The first-order valence-corrected chi connectivity index (χ1v) is 11.0. The van der Waals surface area contributed by atoms with E-state index in [2.05, 4.69) is 0 Å². The molecule has 1 aromatic heterocycles. The Morgan fingerprint density at radius 3 is 2.68 bits per heavy atom. The monoisotopic (exact) mass is 398 g/mol. The molecule has 25 heavy (non-hydrogen) atoms. The van der Waals surface area contributed by atoms with Gasteiger partial charge in [0, 0.05) is 23.5 Å². The average Bonchev–Trinajstić information content (AvgIpc) is 3.16. The number of nitrogens with zero attached hydrogens (tertiary/aromatic N) is 2. The predicted octanol–water partition coefficient (Wildman–Crippen LogP) is 3.39. The van der Waals surface area contributed by atoms with Crippen LogP contribution in [0.25, 0.3) is 0 Å². The lowest BCUT2D eigenvalue weighted by molar-refractivity contribution is 0.0754. The summed E-state index contributed by atoms with van der Waals surface area (Å²) in [6.45, 7) is 3.46. The minimum atomic E-state index is -3.28. The zero-order valence-electron chi connectivity index (χ0n) is 14.0. The van der Waals surface area contributed by atoms with Crippen molar-refractivity contribution in [2.24, 2.45) is 0 Å². The molecule has 1 aliphatic rings. The van der Waals surface area contributed by atoms with E-state index in [0.29, 0.717) is 41.6 Å². The van der Waals surface area contributed by atoms with Crippen molar-refractivity contribution in [3.05, 3.63) is 50.7 Å². The molecule has 1 amide bonds. The normalized spacial score (nSPS) is 13.8. The van der Waals surface area contributed by atoms with Crippen molar-refractivity contribution in [3.8, 4) is 0 Å². The Labute approximate surface area is 156 Å². The largest absolute Gasteiger partial charge is 0.334 e.